The molecule has 0 fully saturated rings. The minimum Gasteiger partial charge on any atom is -0.276 e. The number of nitrogens with one attached hydrogen (secondary N) is 1. The molecule has 1 N–H and O–H groups in total. The molecule has 5 nitrogen and oxygen atoms in total. The van der Waals surface area contributed by atoms with Crippen molar-refractivity contribution in [3.05, 3.63) is 40.7 Å². The minimum atomic E-state index is -4.52. The fourth-order valence-corrected chi connectivity index (χ4v) is 3.50. The van der Waals surface area contributed by atoms with E-state index in [4.69, 9.17) is 0 Å². The molecule has 2 aromatic rings. The zero-order chi connectivity index (χ0) is 17.6. The number of sulfonamides is 1. The van der Waals surface area contributed by atoms with Gasteiger partial charge in [0.2, 0.25) is 0 Å². The van der Waals surface area contributed by atoms with Crippen LogP contribution >= 0.6 is 0 Å². The maximum absolute atomic E-state index is 12.8. The molecule has 0 aliphatic carbocycles. The highest BCUT2D eigenvalue weighted by Gasteiger charge is 2.33. The van der Waals surface area contributed by atoms with Gasteiger partial charge in [-0.05, 0) is 44.5 Å². The normalized spacial score (nSPS) is 12.5. The number of halogens is 3. The topological polar surface area (TPSA) is 64.0 Å². The van der Waals surface area contributed by atoms with Crippen LogP contribution in [0.1, 0.15) is 22.5 Å². The quantitative estimate of drug-likeness (QED) is 0.928. The van der Waals surface area contributed by atoms with Gasteiger partial charge in [-0.1, -0.05) is 0 Å². The zero-order valence-corrected chi connectivity index (χ0v) is 13.8. The molecule has 0 amide bonds. The molecule has 0 spiro atoms. The summed E-state index contributed by atoms with van der Waals surface area (Å²) in [5, 5.41) is 4.09. The summed E-state index contributed by atoms with van der Waals surface area (Å²) < 4.78 is 67.0. The summed E-state index contributed by atoms with van der Waals surface area (Å²) in [6.45, 7) is 4.56. The first-order chi connectivity index (χ1) is 10.4. The number of anilines is 1. The van der Waals surface area contributed by atoms with Gasteiger partial charge < -0.3 is 0 Å². The lowest BCUT2D eigenvalue weighted by Gasteiger charge is -2.13. The van der Waals surface area contributed by atoms with Crippen LogP contribution in [0.5, 0.6) is 0 Å². The van der Waals surface area contributed by atoms with Gasteiger partial charge in [-0.2, -0.15) is 18.3 Å². The van der Waals surface area contributed by atoms with E-state index >= 15 is 0 Å². The highest BCUT2D eigenvalue weighted by Crippen LogP contribution is 2.33. The van der Waals surface area contributed by atoms with E-state index in [-0.39, 0.29) is 10.5 Å². The number of aromatic nitrogens is 2. The van der Waals surface area contributed by atoms with Gasteiger partial charge in [0, 0.05) is 7.05 Å². The molecular weight excluding hydrogens is 331 g/mol. The fraction of sp³-hybridized carbons (Fsp3) is 0.357. The Bertz CT molecular complexity index is 855. The molecule has 0 saturated heterocycles. The first kappa shape index (κ1) is 17.3. The highest BCUT2D eigenvalue weighted by atomic mass is 32.2. The van der Waals surface area contributed by atoms with Gasteiger partial charge in [0.25, 0.3) is 10.0 Å². The summed E-state index contributed by atoms with van der Waals surface area (Å²) in [6, 6.07) is 2.72. The molecule has 1 aromatic heterocycles. The zero-order valence-electron chi connectivity index (χ0n) is 13.0. The Morgan fingerprint density at radius 2 is 1.78 bits per heavy atom. The lowest BCUT2D eigenvalue weighted by atomic mass is 10.1. The van der Waals surface area contributed by atoms with Crippen LogP contribution in [0.15, 0.2) is 23.1 Å². The molecule has 9 heteroatoms. The lowest BCUT2D eigenvalue weighted by Crippen LogP contribution is -2.15. The molecule has 126 valence electrons. The van der Waals surface area contributed by atoms with Crippen LogP contribution in [0.3, 0.4) is 0 Å². The van der Waals surface area contributed by atoms with Crippen LogP contribution in [-0.2, 0) is 23.2 Å². The smallest absolute Gasteiger partial charge is 0.276 e. The average Bonchev–Trinajstić information content (AvgIpc) is 2.63. The van der Waals surface area contributed by atoms with Crippen LogP contribution in [0.25, 0.3) is 0 Å². The van der Waals surface area contributed by atoms with Crippen LogP contribution in [0.4, 0.5) is 18.9 Å². The largest absolute Gasteiger partial charge is 0.416 e. The van der Waals surface area contributed by atoms with Gasteiger partial charge >= 0.3 is 6.18 Å². The molecule has 1 heterocycles. The van der Waals surface area contributed by atoms with Gasteiger partial charge in [0.05, 0.1) is 27.5 Å². The van der Waals surface area contributed by atoms with Crippen molar-refractivity contribution in [3.63, 3.8) is 0 Å². The Hall–Kier alpha value is -2.03. The van der Waals surface area contributed by atoms with Crippen LogP contribution in [0, 0.1) is 20.8 Å². The van der Waals surface area contributed by atoms with E-state index in [1.165, 1.54) is 11.6 Å². The summed E-state index contributed by atoms with van der Waals surface area (Å²) in [4.78, 5) is -0.231. The first-order valence-electron chi connectivity index (χ1n) is 6.64. The van der Waals surface area contributed by atoms with Crippen molar-refractivity contribution in [3.8, 4) is 0 Å². The number of aryl methyl sites for hydroxylation is 3. The van der Waals surface area contributed by atoms with E-state index < -0.39 is 21.8 Å². The standard InChI is InChI=1S/C14H16F3N3O2S/c1-8-7-11(5-6-12(8)14(15,16)17)23(21,22)19-13-9(2)18-20(4)10(13)3/h5-7,19H,1-4H3. The van der Waals surface area contributed by atoms with E-state index in [1.807, 2.05) is 0 Å². The molecule has 1 aromatic carbocycles. The predicted molar refractivity (Wildman–Crippen MR) is 79.7 cm³/mol. The van der Waals surface area contributed by atoms with Gasteiger partial charge in [-0.15, -0.1) is 0 Å². The van der Waals surface area contributed by atoms with Gasteiger partial charge in [-0.3, -0.25) is 9.40 Å². The van der Waals surface area contributed by atoms with Crippen molar-refractivity contribution in [2.24, 2.45) is 7.05 Å². The summed E-state index contributed by atoms with van der Waals surface area (Å²) >= 11 is 0. The summed E-state index contributed by atoms with van der Waals surface area (Å²) in [6.07, 6.45) is -4.52. The van der Waals surface area contributed by atoms with Crippen molar-refractivity contribution in [1.29, 1.82) is 0 Å². The van der Waals surface area contributed by atoms with Crippen LogP contribution < -0.4 is 4.72 Å². The third-order valence-corrected chi connectivity index (χ3v) is 4.91. The Labute approximate surface area is 132 Å². The van der Waals surface area contributed by atoms with Gasteiger partial charge in [0.15, 0.2) is 0 Å². The van der Waals surface area contributed by atoms with Crippen molar-refractivity contribution < 1.29 is 21.6 Å². The Balaban J connectivity index is 2.43. The van der Waals surface area contributed by atoms with E-state index in [0.717, 1.165) is 18.2 Å². The van der Waals surface area contributed by atoms with E-state index in [1.54, 1.807) is 20.9 Å². The average molecular weight is 347 g/mol. The molecule has 2 rings (SSSR count). The van der Waals surface area contributed by atoms with E-state index in [2.05, 4.69) is 9.82 Å². The fourth-order valence-electron chi connectivity index (χ4n) is 2.24. The van der Waals surface area contributed by atoms with Crippen molar-refractivity contribution in [2.75, 3.05) is 4.72 Å². The highest BCUT2D eigenvalue weighted by molar-refractivity contribution is 7.92. The van der Waals surface area contributed by atoms with Crippen molar-refractivity contribution >= 4 is 15.7 Å². The molecule has 0 radical (unpaired) electrons. The Kier molecular flexibility index (Phi) is 4.18. The third kappa shape index (κ3) is 3.34. The van der Waals surface area contributed by atoms with E-state index in [0.29, 0.717) is 17.1 Å². The Morgan fingerprint density at radius 1 is 1.17 bits per heavy atom. The molecule has 0 saturated carbocycles. The molecule has 23 heavy (non-hydrogen) atoms. The molecule has 0 aliphatic heterocycles. The molecule has 0 atom stereocenters. The third-order valence-electron chi connectivity index (χ3n) is 3.56. The SMILES string of the molecule is Cc1cc(S(=O)(=O)Nc2c(C)nn(C)c2C)ccc1C(F)(F)F. The van der Waals surface area contributed by atoms with Crippen LogP contribution in [0.2, 0.25) is 0 Å². The summed E-state index contributed by atoms with van der Waals surface area (Å²) in [5.74, 6) is 0. The molecular formula is C14H16F3N3O2S. The second-order valence-electron chi connectivity index (χ2n) is 5.25. The summed E-state index contributed by atoms with van der Waals surface area (Å²) in [7, 11) is -2.33. The van der Waals surface area contributed by atoms with Gasteiger partial charge in [0.1, 0.15) is 0 Å². The molecule has 0 bridgehead atoms. The number of rotatable bonds is 3. The lowest BCUT2D eigenvalue weighted by molar-refractivity contribution is -0.138. The number of alkyl halides is 3. The maximum atomic E-state index is 12.8. The number of hydrogen-bond acceptors (Lipinski definition) is 3. The second-order valence-corrected chi connectivity index (χ2v) is 6.93. The number of hydrogen-bond donors (Lipinski definition) is 1. The van der Waals surface area contributed by atoms with Crippen LogP contribution in [-0.4, -0.2) is 18.2 Å². The Morgan fingerprint density at radius 3 is 2.22 bits per heavy atom. The second kappa shape index (κ2) is 5.55. The van der Waals surface area contributed by atoms with Gasteiger partial charge in [-0.25, -0.2) is 8.42 Å². The predicted octanol–water partition coefficient (Wildman–Crippen LogP) is 3.16. The molecule has 0 unspecified atom stereocenters. The monoisotopic (exact) mass is 347 g/mol. The molecule has 0 aliphatic rings. The van der Waals surface area contributed by atoms with Crippen molar-refractivity contribution in [2.45, 2.75) is 31.8 Å². The first-order valence-corrected chi connectivity index (χ1v) is 8.12. The summed E-state index contributed by atoms with van der Waals surface area (Å²) in [5.41, 5.74) is 0.405. The minimum absolute atomic E-state index is 0.153. The maximum Gasteiger partial charge on any atom is 0.416 e. The van der Waals surface area contributed by atoms with Crippen molar-refractivity contribution in [1.82, 2.24) is 9.78 Å². The number of benzene rings is 1. The number of nitrogens with zero attached hydrogens (tertiary/aromatic N) is 2. The van der Waals surface area contributed by atoms with E-state index in [9.17, 15) is 21.6 Å².